The Kier molecular flexibility index (Phi) is 3.01. The Morgan fingerprint density at radius 3 is 3.13 bits per heavy atom. The van der Waals surface area contributed by atoms with E-state index in [1.807, 2.05) is 0 Å². The summed E-state index contributed by atoms with van der Waals surface area (Å²) >= 11 is 0. The van der Waals surface area contributed by atoms with Gasteiger partial charge in [-0.3, -0.25) is 0 Å². The summed E-state index contributed by atoms with van der Waals surface area (Å²) in [6.07, 6.45) is 4.17. The number of hydrogen-bond acceptors (Lipinski definition) is 5. The first-order chi connectivity index (χ1) is 7.29. The Hall–Kier alpha value is -1.36. The van der Waals surface area contributed by atoms with Crippen LogP contribution in [0.5, 0.6) is 5.88 Å². The first-order valence-electron chi connectivity index (χ1n) is 5.16. The van der Waals surface area contributed by atoms with E-state index >= 15 is 0 Å². The van der Waals surface area contributed by atoms with Gasteiger partial charge in [0.2, 0.25) is 11.8 Å². The van der Waals surface area contributed by atoms with Gasteiger partial charge in [0.15, 0.2) is 0 Å². The summed E-state index contributed by atoms with van der Waals surface area (Å²) in [7, 11) is 1.59. The first-order valence-corrected chi connectivity index (χ1v) is 5.16. The lowest BCUT2D eigenvalue weighted by atomic mass is 10.2. The maximum Gasteiger partial charge on any atom is 0.225 e. The van der Waals surface area contributed by atoms with Crippen molar-refractivity contribution in [2.24, 2.45) is 11.7 Å². The highest BCUT2D eigenvalue weighted by molar-refractivity contribution is 5.27. The number of anilines is 1. The molecule has 2 rings (SSSR count). The summed E-state index contributed by atoms with van der Waals surface area (Å²) < 4.78 is 5.00. The van der Waals surface area contributed by atoms with Crippen LogP contribution in [0.1, 0.15) is 12.8 Å². The Labute approximate surface area is 89.1 Å². The maximum absolute atomic E-state index is 5.95. The summed E-state index contributed by atoms with van der Waals surface area (Å²) in [5, 5.41) is 3.11. The lowest BCUT2D eigenvalue weighted by Crippen LogP contribution is -2.31. The molecule has 15 heavy (non-hydrogen) atoms. The molecule has 1 atom stereocenters. The Bertz CT molecular complexity index is 327. The molecular formula is C10H16N4O. The molecule has 5 heteroatoms. The van der Waals surface area contributed by atoms with Crippen LogP contribution in [-0.4, -0.2) is 29.7 Å². The molecule has 0 radical (unpaired) electrons. The van der Waals surface area contributed by atoms with E-state index in [4.69, 9.17) is 10.5 Å². The highest BCUT2D eigenvalue weighted by Gasteiger charge is 2.28. The highest BCUT2D eigenvalue weighted by Crippen LogP contribution is 2.31. The van der Waals surface area contributed by atoms with E-state index in [-0.39, 0.29) is 6.04 Å². The highest BCUT2D eigenvalue weighted by atomic mass is 16.5. The predicted molar refractivity (Wildman–Crippen MR) is 57.8 cm³/mol. The monoisotopic (exact) mass is 208 g/mol. The van der Waals surface area contributed by atoms with Crippen LogP contribution in [0.15, 0.2) is 12.3 Å². The van der Waals surface area contributed by atoms with Gasteiger partial charge in [-0.2, -0.15) is 4.98 Å². The predicted octanol–water partition coefficient (Wildman–Crippen LogP) is 0.634. The second kappa shape index (κ2) is 4.44. The van der Waals surface area contributed by atoms with Gasteiger partial charge in [0.1, 0.15) is 0 Å². The third-order valence-corrected chi connectivity index (χ3v) is 2.56. The molecule has 5 nitrogen and oxygen atoms in total. The lowest BCUT2D eigenvalue weighted by molar-refractivity contribution is 0.397. The topological polar surface area (TPSA) is 73.1 Å². The third kappa shape index (κ3) is 2.79. The van der Waals surface area contributed by atoms with Crippen molar-refractivity contribution in [3.63, 3.8) is 0 Å². The van der Waals surface area contributed by atoms with Crippen LogP contribution in [0.2, 0.25) is 0 Å². The average molecular weight is 208 g/mol. The minimum atomic E-state index is 0.208. The van der Waals surface area contributed by atoms with Crippen LogP contribution in [0.25, 0.3) is 0 Å². The Morgan fingerprint density at radius 2 is 2.47 bits per heavy atom. The average Bonchev–Trinajstić information content (AvgIpc) is 3.10. The molecule has 0 bridgehead atoms. The van der Waals surface area contributed by atoms with Gasteiger partial charge in [-0.1, -0.05) is 0 Å². The third-order valence-electron chi connectivity index (χ3n) is 2.56. The van der Waals surface area contributed by atoms with Crippen molar-refractivity contribution in [3.05, 3.63) is 12.3 Å². The lowest BCUT2D eigenvalue weighted by Gasteiger charge is -2.11. The minimum absolute atomic E-state index is 0.208. The molecule has 1 aromatic rings. The van der Waals surface area contributed by atoms with Crippen molar-refractivity contribution >= 4 is 5.95 Å². The first kappa shape index (κ1) is 10.2. The zero-order valence-corrected chi connectivity index (χ0v) is 8.81. The van der Waals surface area contributed by atoms with Crippen LogP contribution in [0.4, 0.5) is 5.95 Å². The largest absolute Gasteiger partial charge is 0.481 e. The van der Waals surface area contributed by atoms with Crippen molar-refractivity contribution in [2.75, 3.05) is 19.0 Å². The summed E-state index contributed by atoms with van der Waals surface area (Å²) in [6.45, 7) is 0.720. The normalized spacial score (nSPS) is 17.2. The maximum atomic E-state index is 5.95. The number of nitrogens with two attached hydrogens (primary N) is 1. The minimum Gasteiger partial charge on any atom is -0.481 e. The molecule has 1 unspecified atom stereocenters. The van der Waals surface area contributed by atoms with Crippen LogP contribution < -0.4 is 15.8 Å². The summed E-state index contributed by atoms with van der Waals surface area (Å²) in [5.41, 5.74) is 5.95. The summed E-state index contributed by atoms with van der Waals surface area (Å²) in [6, 6.07) is 1.92. The quantitative estimate of drug-likeness (QED) is 0.742. The van der Waals surface area contributed by atoms with Crippen LogP contribution in [-0.2, 0) is 0 Å². The number of aromatic nitrogens is 2. The zero-order chi connectivity index (χ0) is 10.7. The number of nitrogens with zero attached hydrogens (tertiary/aromatic N) is 2. The Balaban J connectivity index is 1.86. The standard InChI is InChI=1S/C10H16N4O/c1-15-9-4-5-12-10(14-9)13-6-8(11)7-2-3-7/h4-5,7-8H,2-3,6,11H2,1H3,(H,12,13,14). The number of methoxy groups -OCH3 is 1. The molecule has 0 spiro atoms. The van der Waals surface area contributed by atoms with Crippen LogP contribution in [0.3, 0.4) is 0 Å². The van der Waals surface area contributed by atoms with Crippen molar-refractivity contribution in [1.82, 2.24) is 9.97 Å². The van der Waals surface area contributed by atoms with Crippen LogP contribution in [0, 0.1) is 5.92 Å². The molecule has 1 aliphatic carbocycles. The van der Waals surface area contributed by atoms with Crippen LogP contribution >= 0.6 is 0 Å². The molecule has 0 aliphatic heterocycles. The van der Waals surface area contributed by atoms with Gasteiger partial charge in [0.25, 0.3) is 0 Å². The number of hydrogen-bond donors (Lipinski definition) is 2. The van der Waals surface area contributed by atoms with Gasteiger partial charge < -0.3 is 15.8 Å². The van der Waals surface area contributed by atoms with E-state index in [9.17, 15) is 0 Å². The molecule has 1 heterocycles. The van der Waals surface area contributed by atoms with Gasteiger partial charge in [-0.05, 0) is 18.8 Å². The number of rotatable bonds is 5. The fourth-order valence-corrected chi connectivity index (χ4v) is 1.44. The molecule has 0 amide bonds. The smallest absolute Gasteiger partial charge is 0.225 e. The van der Waals surface area contributed by atoms with Gasteiger partial charge in [-0.25, -0.2) is 4.98 Å². The van der Waals surface area contributed by atoms with Crippen molar-refractivity contribution in [2.45, 2.75) is 18.9 Å². The molecule has 0 saturated heterocycles. The van der Waals surface area contributed by atoms with E-state index in [0.717, 1.165) is 6.54 Å². The SMILES string of the molecule is COc1ccnc(NCC(N)C2CC2)n1. The molecule has 1 aliphatic rings. The van der Waals surface area contributed by atoms with Gasteiger partial charge in [0, 0.05) is 24.8 Å². The fourth-order valence-electron chi connectivity index (χ4n) is 1.44. The number of ether oxygens (including phenoxy) is 1. The van der Waals surface area contributed by atoms with E-state index in [2.05, 4.69) is 15.3 Å². The van der Waals surface area contributed by atoms with Gasteiger partial charge in [-0.15, -0.1) is 0 Å². The van der Waals surface area contributed by atoms with Crippen molar-refractivity contribution in [3.8, 4) is 5.88 Å². The number of nitrogens with one attached hydrogen (secondary N) is 1. The van der Waals surface area contributed by atoms with E-state index in [1.165, 1.54) is 12.8 Å². The molecule has 0 aromatic carbocycles. The molecule has 82 valence electrons. The zero-order valence-electron chi connectivity index (χ0n) is 8.81. The molecule has 3 N–H and O–H groups in total. The van der Waals surface area contributed by atoms with Gasteiger partial charge in [0.05, 0.1) is 7.11 Å². The van der Waals surface area contributed by atoms with Crippen molar-refractivity contribution in [1.29, 1.82) is 0 Å². The van der Waals surface area contributed by atoms with E-state index in [0.29, 0.717) is 17.7 Å². The second-order valence-corrected chi connectivity index (χ2v) is 3.80. The van der Waals surface area contributed by atoms with Gasteiger partial charge >= 0.3 is 0 Å². The van der Waals surface area contributed by atoms with E-state index in [1.54, 1.807) is 19.4 Å². The fraction of sp³-hybridized carbons (Fsp3) is 0.600. The molecule has 1 saturated carbocycles. The molecule has 1 fully saturated rings. The summed E-state index contributed by atoms with van der Waals surface area (Å²) in [4.78, 5) is 8.22. The van der Waals surface area contributed by atoms with E-state index < -0.39 is 0 Å². The van der Waals surface area contributed by atoms with Crippen molar-refractivity contribution < 1.29 is 4.74 Å². The Morgan fingerprint density at radius 1 is 1.67 bits per heavy atom. The summed E-state index contributed by atoms with van der Waals surface area (Å²) in [5.74, 6) is 1.82. The second-order valence-electron chi connectivity index (χ2n) is 3.80. The molecule has 1 aromatic heterocycles. The molecular weight excluding hydrogens is 192 g/mol.